The van der Waals surface area contributed by atoms with Crippen LogP contribution in [0.5, 0.6) is 11.5 Å². The summed E-state index contributed by atoms with van der Waals surface area (Å²) in [5.74, 6) is 0.691. The van der Waals surface area contributed by atoms with Crippen molar-refractivity contribution in [3.8, 4) is 11.5 Å². The number of methoxy groups -OCH3 is 1. The van der Waals surface area contributed by atoms with Gasteiger partial charge in [-0.25, -0.2) is 0 Å². The SMILES string of the molecule is COc1ccc(N2CC(C(=O)Nc3ccccc3OC(C)C)CC2=O)cc1. The summed E-state index contributed by atoms with van der Waals surface area (Å²) < 4.78 is 10.9. The fraction of sp³-hybridized carbons (Fsp3) is 0.333. The van der Waals surface area contributed by atoms with Crippen LogP contribution in [0.4, 0.5) is 11.4 Å². The molecule has 1 unspecified atom stereocenters. The van der Waals surface area contributed by atoms with Gasteiger partial charge in [0.1, 0.15) is 11.5 Å². The van der Waals surface area contributed by atoms with Crippen LogP contribution >= 0.6 is 0 Å². The van der Waals surface area contributed by atoms with Crippen LogP contribution in [0.3, 0.4) is 0 Å². The number of carbonyl (C=O) groups excluding carboxylic acids is 2. The summed E-state index contributed by atoms with van der Waals surface area (Å²) in [7, 11) is 1.59. The number of anilines is 2. The summed E-state index contributed by atoms with van der Waals surface area (Å²) in [4.78, 5) is 26.7. The highest BCUT2D eigenvalue weighted by atomic mass is 16.5. The van der Waals surface area contributed by atoms with E-state index in [1.165, 1.54) is 0 Å². The molecule has 6 heteroatoms. The lowest BCUT2D eigenvalue weighted by Gasteiger charge is -2.18. The van der Waals surface area contributed by atoms with E-state index in [0.717, 1.165) is 11.4 Å². The van der Waals surface area contributed by atoms with E-state index < -0.39 is 5.92 Å². The smallest absolute Gasteiger partial charge is 0.229 e. The standard InChI is InChI=1S/C21H24N2O4/c1-14(2)27-19-7-5-4-6-18(19)22-21(25)15-12-20(24)23(13-15)16-8-10-17(26-3)11-9-16/h4-11,14-15H,12-13H2,1-3H3,(H,22,25). The van der Waals surface area contributed by atoms with Crippen molar-refractivity contribution in [3.63, 3.8) is 0 Å². The molecule has 1 N–H and O–H groups in total. The Morgan fingerprint density at radius 3 is 2.52 bits per heavy atom. The fourth-order valence-corrected chi connectivity index (χ4v) is 3.06. The summed E-state index contributed by atoms with van der Waals surface area (Å²) in [6.07, 6.45) is 0.187. The molecular formula is C21H24N2O4. The highest BCUT2D eigenvalue weighted by molar-refractivity contribution is 6.03. The van der Waals surface area contributed by atoms with E-state index in [9.17, 15) is 9.59 Å². The third kappa shape index (κ3) is 4.39. The minimum absolute atomic E-state index is 0.00155. The quantitative estimate of drug-likeness (QED) is 0.848. The lowest BCUT2D eigenvalue weighted by Crippen LogP contribution is -2.28. The van der Waals surface area contributed by atoms with Gasteiger partial charge in [-0.2, -0.15) is 0 Å². The Balaban J connectivity index is 1.69. The number of hydrogen-bond acceptors (Lipinski definition) is 4. The topological polar surface area (TPSA) is 67.9 Å². The summed E-state index contributed by atoms with van der Waals surface area (Å²) in [6.45, 7) is 4.21. The van der Waals surface area contributed by atoms with E-state index >= 15 is 0 Å². The van der Waals surface area contributed by atoms with E-state index in [2.05, 4.69) is 5.32 Å². The van der Waals surface area contributed by atoms with Gasteiger partial charge in [0.05, 0.1) is 24.8 Å². The first-order valence-corrected chi connectivity index (χ1v) is 8.99. The summed E-state index contributed by atoms with van der Waals surface area (Å²) in [5.41, 5.74) is 1.38. The molecule has 3 rings (SSSR count). The molecule has 6 nitrogen and oxygen atoms in total. The lowest BCUT2D eigenvalue weighted by atomic mass is 10.1. The van der Waals surface area contributed by atoms with Gasteiger partial charge in [-0.3, -0.25) is 9.59 Å². The van der Waals surface area contributed by atoms with Gasteiger partial charge in [-0.05, 0) is 50.2 Å². The lowest BCUT2D eigenvalue weighted by molar-refractivity contribution is -0.122. The molecule has 0 spiro atoms. The monoisotopic (exact) mass is 368 g/mol. The maximum absolute atomic E-state index is 12.7. The normalized spacial score (nSPS) is 16.5. The summed E-state index contributed by atoms with van der Waals surface area (Å²) in [5, 5.41) is 2.91. The fourth-order valence-electron chi connectivity index (χ4n) is 3.06. The van der Waals surface area contributed by atoms with E-state index in [1.807, 2.05) is 44.2 Å². The maximum Gasteiger partial charge on any atom is 0.229 e. The molecule has 1 heterocycles. The average Bonchev–Trinajstić information content (AvgIpc) is 3.05. The molecule has 1 saturated heterocycles. The second kappa shape index (κ2) is 8.12. The predicted molar refractivity (Wildman–Crippen MR) is 104 cm³/mol. The molecule has 0 bridgehead atoms. The Hall–Kier alpha value is -3.02. The number of nitrogens with one attached hydrogen (secondary N) is 1. The molecule has 0 aromatic heterocycles. The van der Waals surface area contributed by atoms with Crippen molar-refractivity contribution in [1.29, 1.82) is 0 Å². The maximum atomic E-state index is 12.7. The molecule has 142 valence electrons. The van der Waals surface area contributed by atoms with Gasteiger partial charge in [0.25, 0.3) is 0 Å². The molecule has 0 saturated carbocycles. The average molecular weight is 368 g/mol. The number of para-hydroxylation sites is 2. The van der Waals surface area contributed by atoms with Crippen LogP contribution in [0, 0.1) is 5.92 Å². The molecule has 1 fully saturated rings. The number of nitrogens with zero attached hydrogens (tertiary/aromatic N) is 1. The van der Waals surface area contributed by atoms with Crippen LogP contribution in [0.15, 0.2) is 48.5 Å². The highest BCUT2D eigenvalue weighted by Gasteiger charge is 2.35. The Morgan fingerprint density at radius 2 is 1.85 bits per heavy atom. The summed E-state index contributed by atoms with van der Waals surface area (Å²) in [6, 6.07) is 14.6. The number of amides is 2. The Morgan fingerprint density at radius 1 is 1.15 bits per heavy atom. The molecule has 1 aliphatic rings. The first-order valence-electron chi connectivity index (χ1n) is 8.99. The second-order valence-electron chi connectivity index (χ2n) is 6.76. The third-order valence-electron chi connectivity index (χ3n) is 4.39. The van der Waals surface area contributed by atoms with Crippen molar-refractivity contribution in [1.82, 2.24) is 0 Å². The van der Waals surface area contributed by atoms with Crippen molar-refractivity contribution in [3.05, 3.63) is 48.5 Å². The molecule has 0 radical (unpaired) electrons. The molecule has 2 aromatic carbocycles. The zero-order valence-corrected chi connectivity index (χ0v) is 15.8. The van der Waals surface area contributed by atoms with Crippen molar-refractivity contribution >= 4 is 23.2 Å². The Bertz CT molecular complexity index is 817. The Kier molecular flexibility index (Phi) is 5.64. The number of hydrogen-bond donors (Lipinski definition) is 1. The highest BCUT2D eigenvalue weighted by Crippen LogP contribution is 2.29. The van der Waals surface area contributed by atoms with Crippen LogP contribution < -0.4 is 19.7 Å². The first kappa shape index (κ1) is 18.8. The van der Waals surface area contributed by atoms with Gasteiger partial charge in [0, 0.05) is 18.7 Å². The minimum atomic E-state index is -0.410. The third-order valence-corrected chi connectivity index (χ3v) is 4.39. The zero-order valence-electron chi connectivity index (χ0n) is 15.8. The summed E-state index contributed by atoms with van der Waals surface area (Å²) >= 11 is 0. The number of carbonyl (C=O) groups is 2. The van der Waals surface area contributed by atoms with Gasteiger partial charge in [0.2, 0.25) is 11.8 Å². The molecule has 2 amide bonds. The van der Waals surface area contributed by atoms with Gasteiger partial charge < -0.3 is 19.7 Å². The predicted octanol–water partition coefficient (Wildman–Crippen LogP) is 3.47. The van der Waals surface area contributed by atoms with Gasteiger partial charge in [-0.1, -0.05) is 12.1 Å². The largest absolute Gasteiger partial charge is 0.497 e. The first-order chi connectivity index (χ1) is 13.0. The second-order valence-corrected chi connectivity index (χ2v) is 6.76. The molecule has 1 atom stereocenters. The molecule has 2 aromatic rings. The van der Waals surface area contributed by atoms with Crippen LogP contribution in [-0.2, 0) is 9.59 Å². The van der Waals surface area contributed by atoms with Crippen molar-refractivity contribution < 1.29 is 19.1 Å². The molecular weight excluding hydrogens is 344 g/mol. The van der Waals surface area contributed by atoms with Crippen molar-refractivity contribution in [2.24, 2.45) is 5.92 Å². The number of ether oxygens (including phenoxy) is 2. The molecule has 1 aliphatic heterocycles. The zero-order chi connectivity index (χ0) is 19.4. The molecule has 0 aliphatic carbocycles. The van der Waals surface area contributed by atoms with Crippen LogP contribution in [0.25, 0.3) is 0 Å². The van der Waals surface area contributed by atoms with E-state index in [4.69, 9.17) is 9.47 Å². The van der Waals surface area contributed by atoms with Crippen molar-refractivity contribution in [2.75, 3.05) is 23.9 Å². The van der Waals surface area contributed by atoms with Gasteiger partial charge in [-0.15, -0.1) is 0 Å². The van der Waals surface area contributed by atoms with Crippen LogP contribution in [0.1, 0.15) is 20.3 Å². The molecule has 27 heavy (non-hydrogen) atoms. The minimum Gasteiger partial charge on any atom is -0.497 e. The van der Waals surface area contributed by atoms with E-state index in [0.29, 0.717) is 18.0 Å². The van der Waals surface area contributed by atoms with Gasteiger partial charge >= 0.3 is 0 Å². The van der Waals surface area contributed by atoms with Gasteiger partial charge in [0.15, 0.2) is 0 Å². The Labute approximate surface area is 159 Å². The number of rotatable bonds is 6. The van der Waals surface area contributed by atoms with Crippen LogP contribution in [0.2, 0.25) is 0 Å². The number of benzene rings is 2. The van der Waals surface area contributed by atoms with Crippen molar-refractivity contribution in [2.45, 2.75) is 26.4 Å². The van der Waals surface area contributed by atoms with Crippen LogP contribution in [-0.4, -0.2) is 31.6 Å². The van der Waals surface area contributed by atoms with E-state index in [-0.39, 0.29) is 24.3 Å². The van der Waals surface area contributed by atoms with E-state index in [1.54, 1.807) is 30.2 Å².